The van der Waals surface area contributed by atoms with Gasteiger partial charge in [-0.1, -0.05) is 11.3 Å². The smallest absolute Gasteiger partial charge is 0.304 e. The summed E-state index contributed by atoms with van der Waals surface area (Å²) in [4.78, 5) is 17.9. The van der Waals surface area contributed by atoms with Crippen molar-refractivity contribution in [2.75, 3.05) is 10.5 Å². The second kappa shape index (κ2) is 5.26. The summed E-state index contributed by atoms with van der Waals surface area (Å²) in [6, 6.07) is 2.59. The van der Waals surface area contributed by atoms with Gasteiger partial charge in [0.15, 0.2) is 5.00 Å². The first-order valence-corrected chi connectivity index (χ1v) is 7.88. The summed E-state index contributed by atoms with van der Waals surface area (Å²) < 4.78 is 26.2. The molecule has 2 heterocycles. The number of nitro groups is 1. The van der Waals surface area contributed by atoms with Gasteiger partial charge in [0.2, 0.25) is 5.95 Å². The van der Waals surface area contributed by atoms with E-state index in [0.717, 1.165) is 6.07 Å². The molecule has 2 aromatic rings. The minimum Gasteiger partial charge on any atom is -0.385 e. The fourth-order valence-corrected chi connectivity index (χ4v) is 3.75. The lowest BCUT2D eigenvalue weighted by molar-refractivity contribution is -0.383. The summed E-state index contributed by atoms with van der Waals surface area (Å²) in [7, 11) is -4.02. The average Bonchev–Trinajstić information content (AvgIpc) is 2.70. The molecule has 0 saturated heterocycles. The number of rotatable bonds is 4. The van der Waals surface area contributed by atoms with Crippen molar-refractivity contribution in [3.63, 3.8) is 0 Å². The molecule has 0 amide bonds. The molecule has 0 aromatic carbocycles. The third-order valence-corrected chi connectivity index (χ3v) is 5.14. The summed E-state index contributed by atoms with van der Waals surface area (Å²) in [5.74, 6) is -0.0953. The highest BCUT2D eigenvalue weighted by molar-refractivity contribution is 7.94. The molecule has 21 heavy (non-hydrogen) atoms. The van der Waals surface area contributed by atoms with E-state index in [1.807, 2.05) is 0 Å². The molecule has 112 valence electrons. The fourth-order valence-electron chi connectivity index (χ4n) is 1.59. The molecule has 0 atom stereocenters. The van der Waals surface area contributed by atoms with E-state index in [-0.39, 0.29) is 15.2 Å². The second-order valence-electron chi connectivity index (χ2n) is 4.15. The number of nitrogen functional groups attached to an aromatic ring is 1. The van der Waals surface area contributed by atoms with Crippen molar-refractivity contribution in [1.82, 2.24) is 9.97 Å². The Morgan fingerprint density at radius 2 is 1.86 bits per heavy atom. The van der Waals surface area contributed by atoms with Gasteiger partial charge in [0.05, 0.1) is 4.92 Å². The first kappa shape index (κ1) is 15.1. The highest BCUT2D eigenvalue weighted by atomic mass is 32.2. The molecule has 0 aliphatic heterocycles. The molecule has 0 saturated carbocycles. The van der Waals surface area contributed by atoms with Crippen molar-refractivity contribution < 1.29 is 13.3 Å². The van der Waals surface area contributed by atoms with Gasteiger partial charge >= 0.3 is 5.69 Å². The largest absolute Gasteiger partial charge is 0.385 e. The molecule has 0 aliphatic rings. The van der Waals surface area contributed by atoms with Gasteiger partial charge in [0.25, 0.3) is 10.0 Å². The highest BCUT2D eigenvalue weighted by Crippen LogP contribution is 2.34. The predicted molar refractivity (Wildman–Crippen MR) is 77.7 cm³/mol. The Morgan fingerprint density at radius 1 is 1.29 bits per heavy atom. The van der Waals surface area contributed by atoms with Gasteiger partial charge < -0.3 is 5.73 Å². The summed E-state index contributed by atoms with van der Waals surface area (Å²) >= 11 is 0.607. The zero-order chi connectivity index (χ0) is 15.8. The molecule has 0 bridgehead atoms. The second-order valence-corrected chi connectivity index (χ2v) is 7.14. The quantitative estimate of drug-likeness (QED) is 0.638. The van der Waals surface area contributed by atoms with Gasteiger partial charge in [0.1, 0.15) is 4.21 Å². The van der Waals surface area contributed by atoms with E-state index in [4.69, 9.17) is 5.73 Å². The predicted octanol–water partition coefficient (Wildman–Crippen LogP) is 1.45. The number of aromatic nitrogens is 2. The third kappa shape index (κ3) is 3.25. The molecular formula is C10H11N5O4S2. The first-order chi connectivity index (χ1) is 9.69. The Kier molecular flexibility index (Phi) is 3.78. The lowest BCUT2D eigenvalue weighted by Gasteiger charge is -2.05. The normalized spacial score (nSPS) is 11.3. The lowest BCUT2D eigenvalue weighted by Crippen LogP contribution is -2.14. The van der Waals surface area contributed by atoms with Crippen molar-refractivity contribution in [2.45, 2.75) is 18.1 Å². The molecular weight excluding hydrogens is 318 g/mol. The first-order valence-electron chi connectivity index (χ1n) is 5.58. The lowest BCUT2D eigenvalue weighted by atomic mass is 10.4. The highest BCUT2D eigenvalue weighted by Gasteiger charge is 2.25. The molecule has 11 heteroatoms. The fraction of sp³-hybridized carbons (Fsp3) is 0.200. The van der Waals surface area contributed by atoms with Crippen LogP contribution in [0.4, 0.5) is 16.6 Å². The SMILES string of the molecule is Cc1cc(C)nc(NS(=O)(=O)c2cc([N+](=O)[O-])c(N)s2)n1. The number of hydrogen-bond acceptors (Lipinski definition) is 8. The van der Waals surface area contributed by atoms with E-state index in [9.17, 15) is 18.5 Å². The van der Waals surface area contributed by atoms with E-state index in [2.05, 4.69) is 14.7 Å². The number of hydrogen-bond donors (Lipinski definition) is 2. The van der Waals surface area contributed by atoms with Crippen molar-refractivity contribution in [3.8, 4) is 0 Å². The van der Waals surface area contributed by atoms with E-state index < -0.39 is 20.6 Å². The Balaban J connectivity index is 2.38. The van der Waals surface area contributed by atoms with Crippen molar-refractivity contribution in [2.24, 2.45) is 0 Å². The molecule has 0 radical (unpaired) electrons. The van der Waals surface area contributed by atoms with Crippen LogP contribution in [-0.2, 0) is 10.0 Å². The third-order valence-electron chi connectivity index (χ3n) is 2.39. The number of sulfonamides is 1. The monoisotopic (exact) mass is 329 g/mol. The number of aryl methyl sites for hydroxylation is 2. The zero-order valence-corrected chi connectivity index (χ0v) is 12.7. The van der Waals surface area contributed by atoms with Crippen LogP contribution in [0.2, 0.25) is 0 Å². The minimum absolute atomic E-state index is 0.0953. The Hall–Kier alpha value is -2.27. The molecule has 3 N–H and O–H groups in total. The van der Waals surface area contributed by atoms with Gasteiger partial charge in [-0.3, -0.25) is 10.1 Å². The Labute approximate surface area is 124 Å². The molecule has 2 aromatic heterocycles. The number of nitrogens with one attached hydrogen (secondary N) is 1. The molecule has 0 spiro atoms. The number of nitrogens with two attached hydrogens (primary N) is 1. The van der Waals surface area contributed by atoms with Crippen molar-refractivity contribution in [1.29, 1.82) is 0 Å². The summed E-state index contributed by atoms with van der Waals surface area (Å²) in [6.45, 7) is 3.39. The van der Waals surface area contributed by atoms with E-state index in [1.54, 1.807) is 19.9 Å². The van der Waals surface area contributed by atoms with Crippen LogP contribution >= 0.6 is 11.3 Å². The van der Waals surface area contributed by atoms with Crippen LogP contribution in [0.25, 0.3) is 0 Å². The maximum absolute atomic E-state index is 12.2. The Bertz CT molecular complexity index is 795. The molecule has 9 nitrogen and oxygen atoms in total. The van der Waals surface area contributed by atoms with Gasteiger partial charge in [0, 0.05) is 17.5 Å². The van der Waals surface area contributed by atoms with Crippen LogP contribution in [-0.4, -0.2) is 23.3 Å². The summed E-state index contributed by atoms with van der Waals surface area (Å²) in [5, 5.41) is 10.5. The minimum atomic E-state index is -4.02. The molecule has 0 aliphatic carbocycles. The van der Waals surface area contributed by atoms with Crippen LogP contribution in [0.1, 0.15) is 11.4 Å². The van der Waals surface area contributed by atoms with Gasteiger partial charge in [-0.25, -0.2) is 23.1 Å². The van der Waals surface area contributed by atoms with Crippen LogP contribution in [0.15, 0.2) is 16.3 Å². The average molecular weight is 329 g/mol. The molecule has 0 fully saturated rings. The molecule has 2 rings (SSSR count). The maximum atomic E-state index is 12.2. The van der Waals surface area contributed by atoms with Gasteiger partial charge in [-0.05, 0) is 19.9 Å². The van der Waals surface area contributed by atoms with E-state index in [1.165, 1.54) is 0 Å². The van der Waals surface area contributed by atoms with Crippen LogP contribution < -0.4 is 10.5 Å². The number of thiophene rings is 1. The number of nitrogens with zero attached hydrogens (tertiary/aromatic N) is 3. The topological polar surface area (TPSA) is 141 Å². The standard InChI is InChI=1S/C10H11N5O4S2/c1-5-3-6(2)13-10(12-5)14-21(18,19)8-4-7(15(16)17)9(11)20-8/h3-4H,11H2,1-2H3,(H,12,13,14). The maximum Gasteiger partial charge on any atom is 0.304 e. The van der Waals surface area contributed by atoms with Crippen LogP contribution in [0.5, 0.6) is 0 Å². The van der Waals surface area contributed by atoms with E-state index in [0.29, 0.717) is 22.7 Å². The van der Waals surface area contributed by atoms with Gasteiger partial charge in [-0.15, -0.1) is 0 Å². The van der Waals surface area contributed by atoms with Gasteiger partial charge in [-0.2, -0.15) is 0 Å². The van der Waals surface area contributed by atoms with Crippen molar-refractivity contribution >= 4 is 38.0 Å². The zero-order valence-electron chi connectivity index (χ0n) is 11.0. The Morgan fingerprint density at radius 3 is 2.33 bits per heavy atom. The molecule has 0 unspecified atom stereocenters. The van der Waals surface area contributed by atoms with Crippen molar-refractivity contribution in [3.05, 3.63) is 33.6 Å². The number of anilines is 2. The van der Waals surface area contributed by atoms with Crippen LogP contribution in [0, 0.1) is 24.0 Å². The van der Waals surface area contributed by atoms with E-state index >= 15 is 0 Å². The summed E-state index contributed by atoms with van der Waals surface area (Å²) in [5.41, 5.74) is 6.18. The summed E-state index contributed by atoms with van der Waals surface area (Å²) in [6.07, 6.45) is 0. The van der Waals surface area contributed by atoms with Crippen LogP contribution in [0.3, 0.4) is 0 Å².